The standard InChI is InChI=1S/C48H62N4S5.C5H12.C2H6/c1-10-48(9,11-2)36-25-24-35(41-42(36)52-57-51-41)47-50-44-40(38-27-23-34(55-38)21-19-32(8)17-13-15-30(5)6)45-43(49-28-53-45)39(46(44)56-47)37-26-22-33(54-37)20-18-31(7)16-12-14-29(3)4;1-4-5(2)3;1-2/h22-32H,10-21H2,1-9H3;5H,4H2,1-3H3;1-2H3. The monoisotopic (exact) mass is 956 g/mol. The summed E-state index contributed by atoms with van der Waals surface area (Å²) in [6.07, 6.45) is 16.1. The van der Waals surface area contributed by atoms with Crippen molar-refractivity contribution in [2.24, 2.45) is 29.6 Å². The summed E-state index contributed by atoms with van der Waals surface area (Å²) >= 11 is 8.81. The van der Waals surface area contributed by atoms with Crippen LogP contribution in [0.2, 0.25) is 0 Å². The Bertz CT molecular complexity index is 2340. The topological polar surface area (TPSA) is 51.6 Å². The predicted octanol–water partition coefficient (Wildman–Crippen LogP) is 20.0. The maximum absolute atomic E-state index is 5.62. The van der Waals surface area contributed by atoms with Crippen LogP contribution >= 0.6 is 57.1 Å². The van der Waals surface area contributed by atoms with Crippen molar-refractivity contribution in [2.75, 3.05) is 0 Å². The zero-order valence-electron chi connectivity index (χ0n) is 42.0. The first kappa shape index (κ1) is 52.4. The molecule has 64 heavy (non-hydrogen) atoms. The number of nitrogens with zero attached hydrogens (tertiary/aromatic N) is 4. The van der Waals surface area contributed by atoms with Crippen molar-refractivity contribution in [3.63, 3.8) is 0 Å². The minimum Gasteiger partial charge on any atom is -0.244 e. The average Bonchev–Trinajstić information content (AvgIpc) is 4.15. The van der Waals surface area contributed by atoms with Crippen molar-refractivity contribution >= 4 is 88.5 Å². The molecule has 0 spiro atoms. The number of hydrogen-bond donors (Lipinski definition) is 0. The number of aryl methyl sites for hydroxylation is 2. The largest absolute Gasteiger partial charge is 0.244 e. The molecule has 0 aliphatic rings. The zero-order valence-corrected chi connectivity index (χ0v) is 46.0. The van der Waals surface area contributed by atoms with E-state index in [9.17, 15) is 0 Å². The van der Waals surface area contributed by atoms with Gasteiger partial charge in [0.15, 0.2) is 0 Å². The summed E-state index contributed by atoms with van der Waals surface area (Å²) in [5, 5.41) is 1.02. The Morgan fingerprint density at radius 1 is 0.562 bits per heavy atom. The van der Waals surface area contributed by atoms with E-state index >= 15 is 0 Å². The van der Waals surface area contributed by atoms with E-state index in [-0.39, 0.29) is 5.41 Å². The van der Waals surface area contributed by atoms with Crippen LogP contribution in [0.3, 0.4) is 0 Å². The van der Waals surface area contributed by atoms with Crippen LogP contribution in [0.25, 0.3) is 62.9 Å². The first-order valence-corrected chi connectivity index (χ1v) is 29.0. The fourth-order valence-corrected chi connectivity index (χ4v) is 13.2. The van der Waals surface area contributed by atoms with Gasteiger partial charge in [0.05, 0.1) is 37.7 Å². The molecule has 9 heteroatoms. The maximum Gasteiger partial charge on any atom is 0.126 e. The Morgan fingerprint density at radius 3 is 1.61 bits per heavy atom. The molecule has 4 nitrogen and oxygen atoms in total. The highest BCUT2D eigenvalue weighted by Gasteiger charge is 2.29. The number of aromatic nitrogens is 4. The van der Waals surface area contributed by atoms with E-state index < -0.39 is 0 Å². The lowest BCUT2D eigenvalue weighted by Crippen LogP contribution is -2.20. The molecule has 350 valence electrons. The average molecular weight is 958 g/mol. The van der Waals surface area contributed by atoms with Crippen LogP contribution in [0.5, 0.6) is 0 Å². The highest BCUT2D eigenvalue weighted by atomic mass is 32.1. The van der Waals surface area contributed by atoms with Gasteiger partial charge in [-0.1, -0.05) is 148 Å². The molecule has 0 saturated carbocycles. The van der Waals surface area contributed by atoms with Gasteiger partial charge < -0.3 is 0 Å². The van der Waals surface area contributed by atoms with Crippen molar-refractivity contribution in [1.82, 2.24) is 18.7 Å². The summed E-state index contributed by atoms with van der Waals surface area (Å²) in [7, 11) is 0. The molecule has 0 amide bonds. The van der Waals surface area contributed by atoms with Crippen molar-refractivity contribution in [3.05, 3.63) is 57.2 Å². The summed E-state index contributed by atoms with van der Waals surface area (Å²) < 4.78 is 12.3. The molecule has 2 atom stereocenters. The third-order valence-electron chi connectivity index (χ3n) is 13.3. The molecule has 0 aliphatic heterocycles. The molecule has 5 aromatic heterocycles. The van der Waals surface area contributed by atoms with Gasteiger partial charge in [0.1, 0.15) is 16.0 Å². The van der Waals surface area contributed by atoms with Crippen LogP contribution < -0.4 is 0 Å². The molecule has 0 saturated heterocycles. The van der Waals surface area contributed by atoms with Gasteiger partial charge in [-0.15, -0.1) is 45.3 Å². The van der Waals surface area contributed by atoms with Crippen LogP contribution in [0, 0.1) is 29.6 Å². The Kier molecular flexibility index (Phi) is 20.5. The number of thiazole rings is 2. The van der Waals surface area contributed by atoms with Crippen LogP contribution in [0.15, 0.2) is 41.9 Å². The molecule has 0 aliphatic carbocycles. The lowest BCUT2D eigenvalue weighted by Gasteiger charge is -2.27. The molecule has 2 unspecified atom stereocenters. The molecular weight excluding hydrogens is 877 g/mol. The van der Waals surface area contributed by atoms with Gasteiger partial charge >= 0.3 is 0 Å². The van der Waals surface area contributed by atoms with E-state index in [1.54, 1.807) is 11.3 Å². The molecule has 5 heterocycles. The number of rotatable bonds is 21. The van der Waals surface area contributed by atoms with E-state index in [1.807, 2.05) is 53.4 Å². The molecular formula is C55H80N4S5. The molecule has 7 aromatic rings. The van der Waals surface area contributed by atoms with E-state index in [0.29, 0.717) is 0 Å². The van der Waals surface area contributed by atoms with Crippen molar-refractivity contribution in [3.8, 4) is 31.5 Å². The summed E-state index contributed by atoms with van der Waals surface area (Å²) in [6.45, 7) is 31.8. The number of fused-ring (bicyclic) bond motifs is 3. The minimum absolute atomic E-state index is 0.0575. The van der Waals surface area contributed by atoms with Crippen molar-refractivity contribution < 1.29 is 0 Å². The minimum atomic E-state index is 0.0575. The molecule has 0 fully saturated rings. The number of benzene rings is 2. The maximum atomic E-state index is 5.62. The Morgan fingerprint density at radius 2 is 1.09 bits per heavy atom. The third-order valence-corrected chi connectivity index (χ3v) is 18.1. The van der Waals surface area contributed by atoms with Crippen LogP contribution in [-0.4, -0.2) is 18.7 Å². The van der Waals surface area contributed by atoms with Gasteiger partial charge in [-0.25, -0.2) is 9.97 Å². The van der Waals surface area contributed by atoms with E-state index in [4.69, 9.17) is 18.7 Å². The van der Waals surface area contributed by atoms with Gasteiger partial charge in [-0.2, -0.15) is 8.75 Å². The fourth-order valence-electron chi connectivity index (χ4n) is 8.31. The third kappa shape index (κ3) is 13.1. The van der Waals surface area contributed by atoms with Gasteiger partial charge in [0.2, 0.25) is 0 Å². The fraction of sp³-hybridized carbons (Fsp3) is 0.600. The SMILES string of the molecule is CC.CCC(C)(CC)c1ccc(-c2nc3c(-c4ccc(CCC(C)CCCC(C)C)s4)c4scnc4c(-c4ccc(CCC(C)CCCC(C)C)s4)c3s2)c2nsnc12.CCC(C)C. The second kappa shape index (κ2) is 25.0. The lowest BCUT2D eigenvalue weighted by atomic mass is 9.77. The van der Waals surface area contributed by atoms with Crippen LogP contribution in [-0.2, 0) is 18.3 Å². The van der Waals surface area contributed by atoms with Gasteiger partial charge in [0, 0.05) is 36.2 Å². The Labute approximate surface area is 408 Å². The van der Waals surface area contributed by atoms with Crippen molar-refractivity contribution in [1.29, 1.82) is 0 Å². The second-order valence-corrected chi connectivity index (χ2v) is 24.4. The summed E-state index contributed by atoms with van der Waals surface area (Å²) in [6, 6.07) is 14.0. The first-order chi connectivity index (χ1) is 30.8. The summed E-state index contributed by atoms with van der Waals surface area (Å²) in [4.78, 5) is 16.3. The van der Waals surface area contributed by atoms with E-state index in [1.165, 1.54) is 115 Å². The van der Waals surface area contributed by atoms with E-state index in [2.05, 4.69) is 119 Å². The molecule has 2 aromatic carbocycles. The Hall–Kier alpha value is -2.56. The molecule has 7 rings (SSSR count). The number of thiophene rings is 2. The van der Waals surface area contributed by atoms with E-state index in [0.717, 1.165) is 87.9 Å². The lowest BCUT2D eigenvalue weighted by molar-refractivity contribution is 0.437. The molecule has 0 N–H and O–H groups in total. The quantitative estimate of drug-likeness (QED) is 0.0720. The Balaban J connectivity index is 0.00000103. The predicted molar refractivity (Wildman–Crippen MR) is 293 cm³/mol. The van der Waals surface area contributed by atoms with Crippen molar-refractivity contribution in [2.45, 2.75) is 186 Å². The van der Waals surface area contributed by atoms with Crippen LogP contribution in [0.1, 0.15) is 183 Å². The highest BCUT2D eigenvalue weighted by molar-refractivity contribution is 7.24. The van der Waals surface area contributed by atoms with Gasteiger partial charge in [0.25, 0.3) is 0 Å². The summed E-state index contributed by atoms with van der Waals surface area (Å²) in [5.41, 5.74) is 11.2. The molecule has 0 bridgehead atoms. The van der Waals surface area contributed by atoms with Crippen LogP contribution in [0.4, 0.5) is 0 Å². The highest BCUT2D eigenvalue weighted by Crippen LogP contribution is 2.51. The molecule has 0 radical (unpaired) electrons. The van der Waals surface area contributed by atoms with Gasteiger partial charge in [-0.05, 0) is 109 Å². The normalized spacial score (nSPS) is 13.0. The van der Waals surface area contributed by atoms with Gasteiger partial charge in [-0.3, -0.25) is 0 Å². The first-order valence-electron chi connectivity index (χ1n) is 24.9. The smallest absolute Gasteiger partial charge is 0.126 e. The summed E-state index contributed by atoms with van der Waals surface area (Å²) in [5.74, 6) is 3.95. The second-order valence-electron chi connectivity index (χ2n) is 19.6. The number of hydrogen-bond acceptors (Lipinski definition) is 9. The zero-order chi connectivity index (χ0) is 46.6.